The zero-order chi connectivity index (χ0) is 11.5. The van der Waals surface area contributed by atoms with Gasteiger partial charge in [0.15, 0.2) is 0 Å². The SMILES string of the molecule is c1coc(-c2ccccc2NC2CCCC2)c1. The molecule has 0 saturated heterocycles. The van der Waals surface area contributed by atoms with Gasteiger partial charge < -0.3 is 9.73 Å². The van der Waals surface area contributed by atoms with Crippen LogP contribution in [0.5, 0.6) is 0 Å². The Bertz CT molecular complexity index is 469. The third-order valence-corrected chi connectivity index (χ3v) is 3.43. The highest BCUT2D eigenvalue weighted by Gasteiger charge is 2.16. The maximum atomic E-state index is 5.48. The molecule has 1 aliphatic rings. The summed E-state index contributed by atoms with van der Waals surface area (Å²) in [5.74, 6) is 0.936. The van der Waals surface area contributed by atoms with Gasteiger partial charge >= 0.3 is 0 Å². The van der Waals surface area contributed by atoms with E-state index in [4.69, 9.17) is 4.42 Å². The Hall–Kier alpha value is -1.70. The van der Waals surface area contributed by atoms with E-state index in [1.54, 1.807) is 6.26 Å². The molecule has 2 nitrogen and oxygen atoms in total. The van der Waals surface area contributed by atoms with E-state index in [2.05, 4.69) is 29.6 Å². The highest BCUT2D eigenvalue weighted by atomic mass is 16.3. The van der Waals surface area contributed by atoms with Gasteiger partial charge in [-0.1, -0.05) is 25.0 Å². The molecule has 1 aromatic carbocycles. The molecule has 0 amide bonds. The van der Waals surface area contributed by atoms with Gasteiger partial charge in [0.25, 0.3) is 0 Å². The van der Waals surface area contributed by atoms with Crippen LogP contribution in [0.3, 0.4) is 0 Å². The van der Waals surface area contributed by atoms with E-state index in [0.717, 1.165) is 11.3 Å². The first-order valence-electron chi connectivity index (χ1n) is 6.33. The predicted octanol–water partition coefficient (Wildman–Crippen LogP) is 4.30. The van der Waals surface area contributed by atoms with Crippen molar-refractivity contribution in [3.05, 3.63) is 42.7 Å². The van der Waals surface area contributed by atoms with Crippen LogP contribution in [0.2, 0.25) is 0 Å². The highest BCUT2D eigenvalue weighted by molar-refractivity contribution is 5.74. The van der Waals surface area contributed by atoms with Crippen LogP contribution in [-0.4, -0.2) is 6.04 Å². The molecule has 17 heavy (non-hydrogen) atoms. The van der Waals surface area contributed by atoms with Crippen LogP contribution < -0.4 is 5.32 Å². The number of benzene rings is 1. The Labute approximate surface area is 102 Å². The number of anilines is 1. The number of para-hydroxylation sites is 1. The van der Waals surface area contributed by atoms with Crippen LogP contribution in [0, 0.1) is 0 Å². The van der Waals surface area contributed by atoms with Crippen LogP contribution in [-0.2, 0) is 0 Å². The van der Waals surface area contributed by atoms with E-state index < -0.39 is 0 Å². The smallest absolute Gasteiger partial charge is 0.135 e. The summed E-state index contributed by atoms with van der Waals surface area (Å²) in [6, 6.07) is 12.9. The Morgan fingerprint density at radius 3 is 2.59 bits per heavy atom. The molecule has 0 atom stereocenters. The van der Waals surface area contributed by atoms with Crippen molar-refractivity contribution in [1.82, 2.24) is 0 Å². The third-order valence-electron chi connectivity index (χ3n) is 3.43. The molecule has 1 heterocycles. The zero-order valence-corrected chi connectivity index (χ0v) is 9.86. The van der Waals surface area contributed by atoms with E-state index in [1.165, 1.54) is 31.4 Å². The maximum Gasteiger partial charge on any atom is 0.135 e. The van der Waals surface area contributed by atoms with Gasteiger partial charge in [-0.25, -0.2) is 0 Å². The Balaban J connectivity index is 1.88. The molecule has 1 aliphatic carbocycles. The van der Waals surface area contributed by atoms with Crippen molar-refractivity contribution in [2.75, 3.05) is 5.32 Å². The van der Waals surface area contributed by atoms with Crippen LogP contribution in [0.4, 0.5) is 5.69 Å². The van der Waals surface area contributed by atoms with E-state index in [1.807, 2.05) is 12.1 Å². The summed E-state index contributed by atoms with van der Waals surface area (Å²) in [4.78, 5) is 0. The lowest BCUT2D eigenvalue weighted by atomic mass is 10.1. The first kappa shape index (κ1) is 10.5. The predicted molar refractivity (Wildman–Crippen MR) is 70.0 cm³/mol. The van der Waals surface area contributed by atoms with Crippen molar-refractivity contribution in [1.29, 1.82) is 0 Å². The third kappa shape index (κ3) is 2.21. The van der Waals surface area contributed by atoms with E-state index in [0.29, 0.717) is 6.04 Å². The van der Waals surface area contributed by atoms with Crippen LogP contribution in [0.25, 0.3) is 11.3 Å². The normalized spacial score (nSPS) is 16.2. The second-order valence-corrected chi connectivity index (χ2v) is 4.65. The molecule has 2 aromatic rings. The zero-order valence-electron chi connectivity index (χ0n) is 9.86. The first-order chi connectivity index (χ1) is 8.43. The molecule has 88 valence electrons. The molecule has 1 saturated carbocycles. The number of nitrogens with one attached hydrogen (secondary N) is 1. The van der Waals surface area contributed by atoms with Gasteiger partial charge in [0, 0.05) is 17.3 Å². The van der Waals surface area contributed by atoms with Crippen molar-refractivity contribution in [3.8, 4) is 11.3 Å². The fourth-order valence-electron chi connectivity index (χ4n) is 2.55. The first-order valence-corrected chi connectivity index (χ1v) is 6.33. The average Bonchev–Trinajstić information content (AvgIpc) is 3.01. The van der Waals surface area contributed by atoms with Gasteiger partial charge in [-0.15, -0.1) is 0 Å². The van der Waals surface area contributed by atoms with Gasteiger partial charge in [0.2, 0.25) is 0 Å². The van der Waals surface area contributed by atoms with Crippen LogP contribution >= 0.6 is 0 Å². The second kappa shape index (κ2) is 4.66. The highest BCUT2D eigenvalue weighted by Crippen LogP contribution is 2.30. The van der Waals surface area contributed by atoms with Crippen molar-refractivity contribution in [2.24, 2.45) is 0 Å². The second-order valence-electron chi connectivity index (χ2n) is 4.65. The number of hydrogen-bond acceptors (Lipinski definition) is 2. The van der Waals surface area contributed by atoms with Gasteiger partial charge in [0.05, 0.1) is 6.26 Å². The molecule has 1 aromatic heterocycles. The van der Waals surface area contributed by atoms with Crippen molar-refractivity contribution in [2.45, 2.75) is 31.7 Å². The summed E-state index contributed by atoms with van der Waals surface area (Å²) in [6.45, 7) is 0. The number of hydrogen-bond donors (Lipinski definition) is 1. The lowest BCUT2D eigenvalue weighted by Gasteiger charge is -2.16. The van der Waals surface area contributed by atoms with Gasteiger partial charge in [-0.05, 0) is 37.1 Å². The van der Waals surface area contributed by atoms with Crippen LogP contribution in [0.15, 0.2) is 47.1 Å². The summed E-state index contributed by atoms with van der Waals surface area (Å²) in [5.41, 5.74) is 2.35. The molecular formula is C15H17NO. The maximum absolute atomic E-state index is 5.48. The molecule has 0 spiro atoms. The van der Waals surface area contributed by atoms with Crippen molar-refractivity contribution >= 4 is 5.69 Å². The van der Waals surface area contributed by atoms with Crippen molar-refractivity contribution in [3.63, 3.8) is 0 Å². The topological polar surface area (TPSA) is 25.2 Å². The monoisotopic (exact) mass is 227 g/mol. The van der Waals surface area contributed by atoms with E-state index in [-0.39, 0.29) is 0 Å². The number of rotatable bonds is 3. The molecule has 0 bridgehead atoms. The largest absolute Gasteiger partial charge is 0.464 e. The summed E-state index contributed by atoms with van der Waals surface area (Å²) in [5, 5.41) is 3.64. The summed E-state index contributed by atoms with van der Waals surface area (Å²) in [7, 11) is 0. The Kier molecular flexibility index (Phi) is 2.87. The molecule has 0 unspecified atom stereocenters. The molecule has 0 aliphatic heterocycles. The van der Waals surface area contributed by atoms with E-state index in [9.17, 15) is 0 Å². The molecule has 2 heteroatoms. The van der Waals surface area contributed by atoms with Gasteiger partial charge in [-0.2, -0.15) is 0 Å². The fourth-order valence-corrected chi connectivity index (χ4v) is 2.55. The van der Waals surface area contributed by atoms with Gasteiger partial charge in [-0.3, -0.25) is 0 Å². The number of furan rings is 1. The minimum absolute atomic E-state index is 0.631. The molecule has 3 rings (SSSR count). The molecule has 0 radical (unpaired) electrons. The Morgan fingerprint density at radius 1 is 1.00 bits per heavy atom. The standard InChI is InChI=1S/C15H17NO/c1-2-7-12(6-1)16-14-9-4-3-8-13(14)15-10-5-11-17-15/h3-5,8-12,16H,1-2,6-7H2. The lowest BCUT2D eigenvalue weighted by molar-refractivity contribution is 0.582. The minimum atomic E-state index is 0.631. The Morgan fingerprint density at radius 2 is 1.82 bits per heavy atom. The average molecular weight is 227 g/mol. The summed E-state index contributed by atoms with van der Waals surface area (Å²) in [6.07, 6.45) is 6.99. The molecule has 1 fully saturated rings. The minimum Gasteiger partial charge on any atom is -0.464 e. The quantitative estimate of drug-likeness (QED) is 0.845. The summed E-state index contributed by atoms with van der Waals surface area (Å²) >= 11 is 0. The van der Waals surface area contributed by atoms with E-state index >= 15 is 0 Å². The lowest BCUT2D eigenvalue weighted by Crippen LogP contribution is -2.14. The molecular weight excluding hydrogens is 210 g/mol. The van der Waals surface area contributed by atoms with Crippen LogP contribution in [0.1, 0.15) is 25.7 Å². The molecule has 1 N–H and O–H groups in total. The van der Waals surface area contributed by atoms with Gasteiger partial charge in [0.1, 0.15) is 5.76 Å². The summed E-state index contributed by atoms with van der Waals surface area (Å²) < 4.78 is 5.48. The fraction of sp³-hybridized carbons (Fsp3) is 0.333. The van der Waals surface area contributed by atoms with Crippen molar-refractivity contribution < 1.29 is 4.42 Å².